The maximum absolute atomic E-state index is 14.7. The van der Waals surface area contributed by atoms with Gasteiger partial charge in [-0.2, -0.15) is 0 Å². The Kier molecular flexibility index (Phi) is 7.14. The molecule has 0 saturated carbocycles. The van der Waals surface area contributed by atoms with Crippen molar-refractivity contribution in [2.45, 2.75) is 13.5 Å². The van der Waals surface area contributed by atoms with Crippen LogP contribution in [0.5, 0.6) is 5.75 Å². The van der Waals surface area contributed by atoms with Crippen LogP contribution in [-0.2, 0) is 6.61 Å². The van der Waals surface area contributed by atoms with E-state index in [0.717, 1.165) is 5.56 Å². The third-order valence-electron chi connectivity index (χ3n) is 5.49. The van der Waals surface area contributed by atoms with Crippen LogP contribution >= 0.6 is 0 Å². The normalized spacial score (nSPS) is 11.2. The van der Waals surface area contributed by atoms with Gasteiger partial charge in [-0.3, -0.25) is 0 Å². The number of halogens is 3. The van der Waals surface area contributed by atoms with Gasteiger partial charge in [-0.15, -0.1) is 0 Å². The third kappa shape index (κ3) is 5.05. The Balaban J connectivity index is 1.53. The van der Waals surface area contributed by atoms with Crippen LogP contribution in [0, 0.1) is 17.5 Å². The molecule has 0 saturated heterocycles. The zero-order valence-electron chi connectivity index (χ0n) is 18.6. The summed E-state index contributed by atoms with van der Waals surface area (Å²) in [6, 6.07) is 21.5. The van der Waals surface area contributed by atoms with Crippen LogP contribution in [0.25, 0.3) is 34.4 Å². The van der Waals surface area contributed by atoms with Crippen molar-refractivity contribution in [3.63, 3.8) is 0 Å². The first kappa shape index (κ1) is 23.3. The van der Waals surface area contributed by atoms with Crippen LogP contribution in [0.2, 0.25) is 0 Å². The van der Waals surface area contributed by atoms with E-state index in [4.69, 9.17) is 9.84 Å². The van der Waals surface area contributed by atoms with Gasteiger partial charge in [0.1, 0.15) is 11.6 Å². The SMILES string of the molecule is CCOc1ccc(-c2ccc(/C=C/c3ccc(-c4ccc(CO)cc4)c(F)c3F)cc2)c(F)c1. The Morgan fingerprint density at radius 2 is 1.38 bits per heavy atom. The van der Waals surface area contributed by atoms with E-state index < -0.39 is 11.6 Å². The predicted molar refractivity (Wildman–Crippen MR) is 130 cm³/mol. The zero-order valence-corrected chi connectivity index (χ0v) is 18.6. The first-order valence-electron chi connectivity index (χ1n) is 10.9. The second-order valence-electron chi connectivity index (χ2n) is 7.72. The van der Waals surface area contributed by atoms with Crippen molar-refractivity contribution < 1.29 is 23.0 Å². The van der Waals surface area contributed by atoms with Gasteiger partial charge in [0.25, 0.3) is 0 Å². The molecule has 0 bridgehead atoms. The van der Waals surface area contributed by atoms with Crippen molar-refractivity contribution in [1.82, 2.24) is 0 Å². The average Bonchev–Trinajstić information content (AvgIpc) is 2.86. The largest absolute Gasteiger partial charge is 0.494 e. The molecule has 172 valence electrons. The van der Waals surface area contributed by atoms with Gasteiger partial charge in [-0.05, 0) is 41.3 Å². The van der Waals surface area contributed by atoms with Crippen LogP contribution in [0.3, 0.4) is 0 Å². The topological polar surface area (TPSA) is 29.5 Å². The van der Waals surface area contributed by atoms with Crippen LogP contribution in [0.1, 0.15) is 23.6 Å². The summed E-state index contributed by atoms with van der Waals surface area (Å²) in [5.74, 6) is -1.77. The van der Waals surface area contributed by atoms with Gasteiger partial charge in [0, 0.05) is 22.8 Å². The number of hydrogen-bond donors (Lipinski definition) is 1. The van der Waals surface area contributed by atoms with Gasteiger partial charge in [-0.25, -0.2) is 13.2 Å². The Labute approximate surface area is 196 Å². The number of ether oxygens (including phenoxy) is 1. The van der Waals surface area contributed by atoms with E-state index in [0.29, 0.717) is 34.6 Å². The van der Waals surface area contributed by atoms with Gasteiger partial charge < -0.3 is 9.84 Å². The molecule has 0 fully saturated rings. The molecular weight excluding hydrogens is 437 g/mol. The van der Waals surface area contributed by atoms with E-state index >= 15 is 0 Å². The molecule has 2 nitrogen and oxygen atoms in total. The molecular formula is C29H23F3O2. The Hall–Kier alpha value is -3.83. The third-order valence-corrected chi connectivity index (χ3v) is 5.49. The highest BCUT2D eigenvalue weighted by molar-refractivity contribution is 5.74. The lowest BCUT2D eigenvalue weighted by molar-refractivity contribution is 0.282. The van der Waals surface area contributed by atoms with Crippen molar-refractivity contribution in [1.29, 1.82) is 0 Å². The van der Waals surface area contributed by atoms with Crippen LogP contribution in [0.15, 0.2) is 78.9 Å². The van der Waals surface area contributed by atoms with Crippen LogP contribution in [-0.4, -0.2) is 11.7 Å². The minimum absolute atomic E-state index is 0.114. The maximum Gasteiger partial charge on any atom is 0.167 e. The second-order valence-corrected chi connectivity index (χ2v) is 7.72. The van der Waals surface area contributed by atoms with E-state index in [1.165, 1.54) is 24.3 Å². The minimum atomic E-state index is -0.937. The number of benzene rings is 4. The number of aliphatic hydroxyl groups excluding tert-OH is 1. The molecule has 5 heteroatoms. The fourth-order valence-corrected chi connectivity index (χ4v) is 3.65. The molecule has 0 aliphatic rings. The molecule has 4 aromatic carbocycles. The zero-order chi connectivity index (χ0) is 24.1. The molecule has 0 aliphatic heterocycles. The number of rotatable bonds is 7. The summed E-state index contributed by atoms with van der Waals surface area (Å²) in [6.45, 7) is 2.19. The first-order chi connectivity index (χ1) is 16.5. The summed E-state index contributed by atoms with van der Waals surface area (Å²) in [5.41, 5.74) is 3.41. The van der Waals surface area contributed by atoms with E-state index in [-0.39, 0.29) is 23.6 Å². The van der Waals surface area contributed by atoms with Crippen molar-refractivity contribution >= 4 is 12.2 Å². The van der Waals surface area contributed by atoms with E-state index in [2.05, 4.69) is 0 Å². The molecule has 0 atom stereocenters. The van der Waals surface area contributed by atoms with Gasteiger partial charge in [0.2, 0.25) is 0 Å². The predicted octanol–water partition coefficient (Wildman–Crippen LogP) is 7.50. The summed E-state index contributed by atoms with van der Waals surface area (Å²) >= 11 is 0. The molecule has 4 rings (SSSR count). The molecule has 4 aromatic rings. The highest BCUT2D eigenvalue weighted by Crippen LogP contribution is 2.29. The average molecular weight is 460 g/mol. The van der Waals surface area contributed by atoms with Crippen molar-refractivity contribution in [3.8, 4) is 28.0 Å². The lowest BCUT2D eigenvalue weighted by Gasteiger charge is -2.08. The highest BCUT2D eigenvalue weighted by Gasteiger charge is 2.13. The summed E-state index contributed by atoms with van der Waals surface area (Å²) < 4.78 is 49.1. The van der Waals surface area contributed by atoms with Crippen molar-refractivity contribution in [3.05, 3.63) is 113 Å². The summed E-state index contributed by atoms with van der Waals surface area (Å²) in [6.07, 6.45) is 3.18. The van der Waals surface area contributed by atoms with Gasteiger partial charge >= 0.3 is 0 Å². The lowest BCUT2D eigenvalue weighted by atomic mass is 10.0. The Morgan fingerprint density at radius 3 is 2.03 bits per heavy atom. The number of aliphatic hydroxyl groups is 1. The summed E-state index contributed by atoms with van der Waals surface area (Å²) in [4.78, 5) is 0. The standard InChI is InChI=1S/C29H23F3O2/c1-2-34-24-14-16-25(27(30)17-24)21-8-3-19(4-9-21)5-12-23-13-15-26(29(32)28(23)31)22-10-6-20(18-33)7-11-22/h3-17,33H,2,18H2,1H3/b12-5+. The molecule has 0 unspecified atom stereocenters. The summed E-state index contributed by atoms with van der Waals surface area (Å²) in [7, 11) is 0. The number of hydrogen-bond acceptors (Lipinski definition) is 2. The fourth-order valence-electron chi connectivity index (χ4n) is 3.65. The highest BCUT2D eigenvalue weighted by atomic mass is 19.2. The first-order valence-corrected chi connectivity index (χ1v) is 10.9. The molecule has 0 heterocycles. The monoisotopic (exact) mass is 460 g/mol. The van der Waals surface area contributed by atoms with Crippen LogP contribution < -0.4 is 4.74 Å². The van der Waals surface area contributed by atoms with Crippen molar-refractivity contribution in [2.24, 2.45) is 0 Å². The molecule has 1 N–H and O–H groups in total. The van der Waals surface area contributed by atoms with Crippen LogP contribution in [0.4, 0.5) is 13.2 Å². The second kappa shape index (κ2) is 10.4. The van der Waals surface area contributed by atoms with E-state index in [1.807, 2.05) is 6.92 Å². The van der Waals surface area contributed by atoms with E-state index in [1.54, 1.807) is 66.7 Å². The maximum atomic E-state index is 14.7. The Morgan fingerprint density at radius 1 is 0.735 bits per heavy atom. The van der Waals surface area contributed by atoms with Gasteiger partial charge in [0.05, 0.1) is 13.2 Å². The summed E-state index contributed by atoms with van der Waals surface area (Å²) in [5, 5.41) is 9.14. The van der Waals surface area contributed by atoms with Gasteiger partial charge in [-0.1, -0.05) is 72.8 Å². The Bertz CT molecular complexity index is 1310. The molecule has 0 aromatic heterocycles. The molecule has 0 amide bonds. The fraction of sp³-hybridized carbons (Fsp3) is 0.103. The molecule has 0 radical (unpaired) electrons. The smallest absolute Gasteiger partial charge is 0.167 e. The molecule has 34 heavy (non-hydrogen) atoms. The quantitative estimate of drug-likeness (QED) is 0.289. The van der Waals surface area contributed by atoms with Crippen molar-refractivity contribution in [2.75, 3.05) is 6.61 Å². The molecule has 0 aliphatic carbocycles. The molecule has 0 spiro atoms. The van der Waals surface area contributed by atoms with Gasteiger partial charge in [0.15, 0.2) is 11.6 Å². The lowest BCUT2D eigenvalue weighted by Crippen LogP contribution is -1.94. The minimum Gasteiger partial charge on any atom is -0.494 e. The van der Waals surface area contributed by atoms with E-state index in [9.17, 15) is 13.2 Å².